The summed E-state index contributed by atoms with van der Waals surface area (Å²) in [6.45, 7) is 0. The molecule has 82 valence electrons. The molecule has 0 spiro atoms. The van der Waals surface area contributed by atoms with E-state index in [1.165, 1.54) is 12.5 Å². The first-order valence-corrected chi connectivity index (χ1v) is 4.70. The van der Waals surface area contributed by atoms with Gasteiger partial charge in [-0.15, -0.1) is 0 Å². The molecule has 6 nitrogen and oxygen atoms in total. The number of aromatic nitrogens is 3. The fourth-order valence-corrected chi connectivity index (χ4v) is 1.63. The van der Waals surface area contributed by atoms with Gasteiger partial charge in [0.2, 0.25) is 5.78 Å². The minimum atomic E-state index is -1.47. The number of H-pyrrole nitrogens is 1. The molecule has 2 rings (SSSR count). The van der Waals surface area contributed by atoms with Crippen molar-refractivity contribution < 1.29 is 14.7 Å². The zero-order valence-electron chi connectivity index (χ0n) is 7.90. The van der Waals surface area contributed by atoms with E-state index in [-0.39, 0.29) is 11.6 Å². The molecule has 0 fully saturated rings. The summed E-state index contributed by atoms with van der Waals surface area (Å²) in [5, 5.41) is 9.18. The molecule has 0 amide bonds. The van der Waals surface area contributed by atoms with Crippen LogP contribution < -0.4 is 0 Å². The third-order valence-corrected chi connectivity index (χ3v) is 2.38. The number of fused-ring (bicyclic) bond motifs is 1. The van der Waals surface area contributed by atoms with Crippen LogP contribution in [0.1, 0.15) is 5.56 Å². The van der Waals surface area contributed by atoms with E-state index in [0.29, 0.717) is 16.6 Å². The standard InChI is InChI=1S/C9H6ClN3O3/c10-7-6-4(1-5(14)9(15)16)2-11-8(6)13-3-12-7/h2-3H,1H2,(H,15,16)(H,11,12,13). The Bertz CT molecular complexity index is 578. The second kappa shape index (κ2) is 3.90. The summed E-state index contributed by atoms with van der Waals surface area (Å²) in [7, 11) is 0. The Kier molecular flexibility index (Phi) is 2.57. The van der Waals surface area contributed by atoms with Gasteiger partial charge < -0.3 is 10.1 Å². The maximum absolute atomic E-state index is 11.1. The third-order valence-electron chi connectivity index (χ3n) is 2.09. The van der Waals surface area contributed by atoms with E-state index in [4.69, 9.17) is 16.7 Å². The lowest BCUT2D eigenvalue weighted by molar-refractivity contribution is -0.148. The Morgan fingerprint density at radius 3 is 2.88 bits per heavy atom. The van der Waals surface area contributed by atoms with E-state index >= 15 is 0 Å². The number of rotatable bonds is 3. The lowest BCUT2D eigenvalue weighted by Gasteiger charge is -1.96. The number of aliphatic carboxylic acids is 1. The van der Waals surface area contributed by atoms with Gasteiger partial charge in [0, 0.05) is 12.6 Å². The molecule has 0 unspecified atom stereocenters. The van der Waals surface area contributed by atoms with Crippen molar-refractivity contribution in [3.8, 4) is 0 Å². The van der Waals surface area contributed by atoms with Gasteiger partial charge in [0.1, 0.15) is 17.1 Å². The Hall–Kier alpha value is -1.95. The zero-order valence-corrected chi connectivity index (χ0v) is 8.65. The van der Waals surface area contributed by atoms with Crippen LogP contribution in [0.3, 0.4) is 0 Å². The number of aromatic amines is 1. The van der Waals surface area contributed by atoms with Crippen molar-refractivity contribution in [2.75, 3.05) is 0 Å². The summed E-state index contributed by atoms with van der Waals surface area (Å²) in [5.41, 5.74) is 0.959. The van der Waals surface area contributed by atoms with Crippen molar-refractivity contribution in [2.45, 2.75) is 6.42 Å². The van der Waals surface area contributed by atoms with E-state index in [1.54, 1.807) is 0 Å². The fraction of sp³-hybridized carbons (Fsp3) is 0.111. The van der Waals surface area contributed by atoms with Gasteiger partial charge in [0.05, 0.1) is 5.39 Å². The monoisotopic (exact) mass is 239 g/mol. The third kappa shape index (κ3) is 1.74. The first-order chi connectivity index (χ1) is 7.59. The van der Waals surface area contributed by atoms with Crippen molar-refractivity contribution in [2.24, 2.45) is 0 Å². The number of hydrogen-bond acceptors (Lipinski definition) is 4. The van der Waals surface area contributed by atoms with Crippen LogP contribution in [0.15, 0.2) is 12.5 Å². The summed E-state index contributed by atoms with van der Waals surface area (Å²) < 4.78 is 0. The van der Waals surface area contributed by atoms with E-state index in [2.05, 4.69) is 15.0 Å². The second-order valence-electron chi connectivity index (χ2n) is 3.11. The van der Waals surface area contributed by atoms with Gasteiger partial charge in [-0.05, 0) is 5.56 Å². The summed E-state index contributed by atoms with van der Waals surface area (Å²) >= 11 is 5.84. The van der Waals surface area contributed by atoms with Crippen molar-refractivity contribution in [1.29, 1.82) is 0 Å². The molecule has 0 aliphatic rings. The van der Waals surface area contributed by atoms with Gasteiger partial charge in [-0.25, -0.2) is 14.8 Å². The van der Waals surface area contributed by atoms with Crippen LogP contribution in [-0.2, 0) is 16.0 Å². The Morgan fingerprint density at radius 1 is 1.44 bits per heavy atom. The molecule has 0 aliphatic carbocycles. The van der Waals surface area contributed by atoms with Crippen LogP contribution in [-0.4, -0.2) is 31.8 Å². The fourth-order valence-electron chi connectivity index (χ4n) is 1.37. The highest BCUT2D eigenvalue weighted by Gasteiger charge is 2.17. The summed E-state index contributed by atoms with van der Waals surface area (Å²) in [4.78, 5) is 32.0. The molecule has 0 bridgehead atoms. The second-order valence-corrected chi connectivity index (χ2v) is 3.47. The lowest BCUT2D eigenvalue weighted by Crippen LogP contribution is -2.14. The van der Waals surface area contributed by atoms with Gasteiger partial charge in [0.15, 0.2) is 0 Å². The molecule has 0 saturated carbocycles. The van der Waals surface area contributed by atoms with Crippen molar-refractivity contribution in [1.82, 2.24) is 15.0 Å². The number of nitrogens with one attached hydrogen (secondary N) is 1. The van der Waals surface area contributed by atoms with Gasteiger partial charge in [0.25, 0.3) is 0 Å². The molecular weight excluding hydrogens is 234 g/mol. The largest absolute Gasteiger partial charge is 0.475 e. The van der Waals surface area contributed by atoms with Crippen molar-refractivity contribution in [3.05, 3.63) is 23.2 Å². The number of hydrogen-bond donors (Lipinski definition) is 2. The quantitative estimate of drug-likeness (QED) is 0.610. The Labute approximate surface area is 94.3 Å². The van der Waals surface area contributed by atoms with Crippen molar-refractivity contribution >= 4 is 34.4 Å². The highest BCUT2D eigenvalue weighted by atomic mass is 35.5. The molecule has 7 heteroatoms. The number of ketones is 1. The van der Waals surface area contributed by atoms with Crippen LogP contribution >= 0.6 is 11.6 Å². The minimum Gasteiger partial charge on any atom is -0.475 e. The number of carbonyl (C=O) groups excluding carboxylic acids is 1. The number of carboxylic acid groups (broad SMARTS) is 1. The Balaban J connectivity index is 2.46. The first kappa shape index (κ1) is 10.6. The molecule has 2 aromatic rings. The molecule has 0 saturated heterocycles. The molecule has 0 aromatic carbocycles. The number of carboxylic acids is 1. The number of carbonyl (C=O) groups is 2. The summed E-state index contributed by atoms with van der Waals surface area (Å²) in [6.07, 6.45) is 2.55. The van der Waals surface area contributed by atoms with E-state index in [9.17, 15) is 9.59 Å². The van der Waals surface area contributed by atoms with Crippen LogP contribution in [0.4, 0.5) is 0 Å². The maximum Gasteiger partial charge on any atom is 0.372 e. The van der Waals surface area contributed by atoms with Gasteiger partial charge in [-0.2, -0.15) is 0 Å². The highest BCUT2D eigenvalue weighted by Crippen LogP contribution is 2.23. The normalized spacial score (nSPS) is 10.6. The minimum absolute atomic E-state index is 0.194. The summed E-state index contributed by atoms with van der Waals surface area (Å²) in [6, 6.07) is 0. The smallest absolute Gasteiger partial charge is 0.372 e. The van der Waals surface area contributed by atoms with Crippen LogP contribution in [0.25, 0.3) is 11.0 Å². The average Bonchev–Trinajstić information content (AvgIpc) is 2.63. The predicted molar refractivity (Wildman–Crippen MR) is 55.2 cm³/mol. The topological polar surface area (TPSA) is 95.9 Å². The number of halogens is 1. The molecule has 2 aromatic heterocycles. The number of nitrogens with zero attached hydrogens (tertiary/aromatic N) is 2. The Morgan fingerprint density at radius 2 is 2.19 bits per heavy atom. The molecule has 0 aliphatic heterocycles. The van der Waals surface area contributed by atoms with Gasteiger partial charge >= 0.3 is 5.97 Å². The van der Waals surface area contributed by atoms with E-state index in [1.807, 2.05) is 0 Å². The molecule has 2 N–H and O–H groups in total. The SMILES string of the molecule is O=C(O)C(=O)Cc1c[nH]c2ncnc(Cl)c12. The van der Waals surface area contributed by atoms with Crippen LogP contribution in [0.2, 0.25) is 5.15 Å². The van der Waals surface area contributed by atoms with Crippen LogP contribution in [0, 0.1) is 0 Å². The van der Waals surface area contributed by atoms with Gasteiger partial charge in [-0.1, -0.05) is 11.6 Å². The molecule has 16 heavy (non-hydrogen) atoms. The van der Waals surface area contributed by atoms with E-state index in [0.717, 1.165) is 0 Å². The molecule has 0 atom stereocenters. The highest BCUT2D eigenvalue weighted by molar-refractivity contribution is 6.35. The molecule has 2 heterocycles. The molecule has 0 radical (unpaired) electrons. The predicted octanol–water partition coefficient (Wildman–Crippen LogP) is 0.807. The molecular formula is C9H6ClN3O3. The van der Waals surface area contributed by atoms with Gasteiger partial charge in [-0.3, -0.25) is 4.79 Å². The lowest BCUT2D eigenvalue weighted by atomic mass is 10.1. The average molecular weight is 240 g/mol. The zero-order chi connectivity index (χ0) is 11.7. The summed E-state index contributed by atoms with van der Waals surface area (Å²) in [5.74, 6) is -2.37. The van der Waals surface area contributed by atoms with Crippen molar-refractivity contribution in [3.63, 3.8) is 0 Å². The van der Waals surface area contributed by atoms with Crippen LogP contribution in [0.5, 0.6) is 0 Å². The van der Waals surface area contributed by atoms with E-state index < -0.39 is 11.8 Å². The maximum atomic E-state index is 11.1. The first-order valence-electron chi connectivity index (χ1n) is 4.32. The number of Topliss-reactive ketones (excluding diaryl/α,β-unsaturated/α-hetero) is 1.